The Bertz CT molecular complexity index is 937. The zero-order chi connectivity index (χ0) is 21.9. The van der Waals surface area contributed by atoms with Gasteiger partial charge in [0.1, 0.15) is 0 Å². The third-order valence-electron chi connectivity index (χ3n) is 6.76. The molecule has 1 saturated heterocycles. The van der Waals surface area contributed by atoms with Gasteiger partial charge in [-0.25, -0.2) is 0 Å². The van der Waals surface area contributed by atoms with Crippen molar-refractivity contribution in [3.63, 3.8) is 0 Å². The van der Waals surface area contributed by atoms with Gasteiger partial charge in [-0.1, -0.05) is 49.9 Å². The summed E-state index contributed by atoms with van der Waals surface area (Å²) in [6, 6.07) is 17.9. The van der Waals surface area contributed by atoms with Crippen LogP contribution in [0.5, 0.6) is 0 Å². The molecule has 3 heterocycles. The zero-order valence-corrected chi connectivity index (χ0v) is 20.1. The summed E-state index contributed by atoms with van der Waals surface area (Å²) in [6.07, 6.45) is 3.54. The Morgan fingerprint density at radius 2 is 1.75 bits per heavy atom. The molecule has 2 aromatic rings. The van der Waals surface area contributed by atoms with Crippen molar-refractivity contribution in [2.45, 2.75) is 30.7 Å². The predicted octanol–water partition coefficient (Wildman–Crippen LogP) is 4.77. The van der Waals surface area contributed by atoms with Crippen molar-refractivity contribution in [1.29, 1.82) is 0 Å². The van der Waals surface area contributed by atoms with Gasteiger partial charge in [-0.15, -0.1) is 0 Å². The normalized spacial score (nSPS) is 20.0. The molecule has 170 valence electrons. The third kappa shape index (κ3) is 4.24. The van der Waals surface area contributed by atoms with Gasteiger partial charge in [-0.05, 0) is 55.9 Å². The smallest absolute Gasteiger partial charge is 0.159 e. The van der Waals surface area contributed by atoms with E-state index in [1.165, 1.54) is 34.0 Å². The minimum absolute atomic E-state index is 0.318. The van der Waals surface area contributed by atoms with Crippen LogP contribution >= 0.6 is 11.8 Å². The summed E-state index contributed by atoms with van der Waals surface area (Å²) in [6.45, 7) is 12.6. The van der Waals surface area contributed by atoms with Crippen molar-refractivity contribution >= 4 is 28.8 Å². The highest BCUT2D eigenvalue weighted by molar-refractivity contribution is 8.00. The third-order valence-corrected chi connectivity index (χ3v) is 8.05. The van der Waals surface area contributed by atoms with E-state index >= 15 is 0 Å². The molecule has 5 nitrogen and oxygen atoms in total. The van der Waals surface area contributed by atoms with Crippen LogP contribution in [0.3, 0.4) is 0 Å². The molecule has 3 aliphatic rings. The lowest BCUT2D eigenvalue weighted by Gasteiger charge is -2.31. The molecular formula is C26H34N4OS. The fourth-order valence-corrected chi connectivity index (χ4v) is 6.18. The van der Waals surface area contributed by atoms with Crippen molar-refractivity contribution < 1.29 is 4.74 Å². The molecule has 0 spiro atoms. The first-order valence-electron chi connectivity index (χ1n) is 12.0. The fourth-order valence-electron chi connectivity index (χ4n) is 4.87. The van der Waals surface area contributed by atoms with Crippen LogP contribution in [-0.4, -0.2) is 67.8 Å². The summed E-state index contributed by atoms with van der Waals surface area (Å²) in [5.41, 5.74) is 5.58. The maximum absolute atomic E-state index is 5.51. The molecular weight excluding hydrogens is 416 g/mol. The van der Waals surface area contributed by atoms with Crippen molar-refractivity contribution in [2.75, 3.05) is 62.3 Å². The van der Waals surface area contributed by atoms with Crippen LogP contribution < -0.4 is 9.80 Å². The molecule has 0 aromatic heterocycles. The van der Waals surface area contributed by atoms with Crippen molar-refractivity contribution in [3.8, 4) is 0 Å². The van der Waals surface area contributed by atoms with E-state index < -0.39 is 0 Å². The van der Waals surface area contributed by atoms with Crippen LogP contribution in [0.1, 0.15) is 25.8 Å². The van der Waals surface area contributed by atoms with Gasteiger partial charge in [-0.3, -0.25) is 0 Å². The standard InChI is InChI=1S/C26H34N4OS/c1-3-27(4-2)14-7-15-29-24(20-30-23-8-5-6-9-25(23)32-26(29)30)21-10-12-22(13-11-21)28-16-18-31-19-17-28/h5-6,8-13,20,26H,3-4,7,14-19H2,1-2H3. The van der Waals surface area contributed by atoms with Gasteiger partial charge in [0.2, 0.25) is 0 Å². The summed E-state index contributed by atoms with van der Waals surface area (Å²) in [5.74, 6) is 0. The second-order valence-corrected chi connectivity index (χ2v) is 9.65. The molecule has 5 rings (SSSR count). The van der Waals surface area contributed by atoms with E-state index in [1.54, 1.807) is 0 Å². The van der Waals surface area contributed by atoms with E-state index in [9.17, 15) is 0 Å². The molecule has 1 unspecified atom stereocenters. The zero-order valence-electron chi connectivity index (χ0n) is 19.2. The summed E-state index contributed by atoms with van der Waals surface area (Å²) in [5, 5.41) is 0. The van der Waals surface area contributed by atoms with Crippen molar-refractivity contribution in [3.05, 3.63) is 60.3 Å². The van der Waals surface area contributed by atoms with E-state index in [0.29, 0.717) is 5.50 Å². The number of morpholine rings is 1. The lowest BCUT2D eigenvalue weighted by Crippen LogP contribution is -2.36. The lowest BCUT2D eigenvalue weighted by atomic mass is 10.1. The minimum atomic E-state index is 0.318. The van der Waals surface area contributed by atoms with Gasteiger partial charge in [-0.2, -0.15) is 0 Å². The second kappa shape index (κ2) is 9.77. The lowest BCUT2D eigenvalue weighted by molar-refractivity contribution is 0.122. The summed E-state index contributed by atoms with van der Waals surface area (Å²) in [4.78, 5) is 11.4. The number of nitrogens with zero attached hydrogens (tertiary/aromatic N) is 4. The van der Waals surface area contributed by atoms with Crippen LogP contribution in [0.2, 0.25) is 0 Å². The summed E-state index contributed by atoms with van der Waals surface area (Å²) in [7, 11) is 0. The second-order valence-electron chi connectivity index (χ2n) is 8.55. The molecule has 0 radical (unpaired) electrons. The Hall–Kier alpha value is -2.15. The Labute approximate surface area is 196 Å². The Balaban J connectivity index is 1.38. The molecule has 2 aromatic carbocycles. The fraction of sp³-hybridized carbons (Fsp3) is 0.462. The van der Waals surface area contributed by atoms with E-state index in [-0.39, 0.29) is 0 Å². The number of anilines is 2. The SMILES string of the molecule is CCN(CC)CCCN1C(c2ccc(N3CCOCC3)cc2)=CN2c3ccccc3SC12. The number of hydrogen-bond donors (Lipinski definition) is 0. The Morgan fingerprint density at radius 3 is 2.50 bits per heavy atom. The van der Waals surface area contributed by atoms with E-state index in [2.05, 4.69) is 88.2 Å². The molecule has 0 bridgehead atoms. The van der Waals surface area contributed by atoms with Crippen LogP contribution in [0, 0.1) is 0 Å². The van der Waals surface area contributed by atoms with Crippen molar-refractivity contribution in [1.82, 2.24) is 9.80 Å². The van der Waals surface area contributed by atoms with Crippen LogP contribution in [0.15, 0.2) is 59.6 Å². The summed E-state index contributed by atoms with van der Waals surface area (Å²) < 4.78 is 5.51. The molecule has 0 amide bonds. The highest BCUT2D eigenvalue weighted by atomic mass is 32.2. The van der Waals surface area contributed by atoms with E-state index in [0.717, 1.165) is 52.5 Å². The minimum Gasteiger partial charge on any atom is -0.378 e. The molecule has 32 heavy (non-hydrogen) atoms. The van der Waals surface area contributed by atoms with E-state index in [1.807, 2.05) is 11.8 Å². The molecule has 1 fully saturated rings. The number of fused-ring (bicyclic) bond motifs is 3. The average Bonchev–Trinajstić information content (AvgIpc) is 3.39. The maximum Gasteiger partial charge on any atom is 0.159 e. The van der Waals surface area contributed by atoms with Gasteiger partial charge < -0.3 is 24.3 Å². The van der Waals surface area contributed by atoms with Gasteiger partial charge in [0.15, 0.2) is 5.50 Å². The number of benzene rings is 2. The summed E-state index contributed by atoms with van der Waals surface area (Å²) >= 11 is 1.97. The molecule has 0 saturated carbocycles. The predicted molar refractivity (Wildman–Crippen MR) is 135 cm³/mol. The monoisotopic (exact) mass is 450 g/mol. The highest BCUT2D eigenvalue weighted by Crippen LogP contribution is 2.50. The molecule has 3 aliphatic heterocycles. The Morgan fingerprint density at radius 1 is 1.00 bits per heavy atom. The maximum atomic E-state index is 5.51. The average molecular weight is 451 g/mol. The largest absolute Gasteiger partial charge is 0.378 e. The first-order chi connectivity index (χ1) is 15.8. The number of para-hydroxylation sites is 1. The number of ether oxygens (including phenoxy) is 1. The topological polar surface area (TPSA) is 22.2 Å². The van der Waals surface area contributed by atoms with Crippen LogP contribution in [0.25, 0.3) is 5.70 Å². The van der Waals surface area contributed by atoms with Crippen LogP contribution in [0.4, 0.5) is 11.4 Å². The van der Waals surface area contributed by atoms with Gasteiger partial charge in [0, 0.05) is 36.4 Å². The molecule has 0 aliphatic carbocycles. The molecule has 1 atom stereocenters. The van der Waals surface area contributed by atoms with Gasteiger partial charge in [0.25, 0.3) is 0 Å². The molecule has 6 heteroatoms. The Kier molecular flexibility index (Phi) is 6.62. The first-order valence-corrected chi connectivity index (χ1v) is 12.8. The first kappa shape index (κ1) is 21.7. The molecule has 0 N–H and O–H groups in total. The van der Waals surface area contributed by atoms with E-state index in [4.69, 9.17) is 4.74 Å². The number of rotatable bonds is 8. The highest BCUT2D eigenvalue weighted by Gasteiger charge is 2.39. The van der Waals surface area contributed by atoms with Crippen molar-refractivity contribution in [2.24, 2.45) is 0 Å². The number of thioether (sulfide) groups is 1. The quantitative estimate of drug-likeness (QED) is 0.574. The van der Waals surface area contributed by atoms with Crippen LogP contribution in [-0.2, 0) is 4.74 Å². The van der Waals surface area contributed by atoms with Gasteiger partial charge >= 0.3 is 0 Å². The number of hydrogen-bond acceptors (Lipinski definition) is 6. The van der Waals surface area contributed by atoms with Gasteiger partial charge in [0.05, 0.1) is 24.6 Å².